The van der Waals surface area contributed by atoms with Gasteiger partial charge < -0.3 is 18.9 Å². The second-order valence-corrected chi connectivity index (χ2v) is 5.71. The number of carbonyl (C=O) groups excluding carboxylic acids is 2. The van der Waals surface area contributed by atoms with Gasteiger partial charge in [-0.05, 0) is 49.2 Å². The molecule has 0 heterocycles. The van der Waals surface area contributed by atoms with Crippen molar-refractivity contribution in [2.24, 2.45) is 0 Å². The van der Waals surface area contributed by atoms with E-state index in [0.29, 0.717) is 17.2 Å². The Kier molecular flexibility index (Phi) is 6.60. The molecule has 0 N–H and O–H groups in total. The maximum atomic E-state index is 12.3. The van der Waals surface area contributed by atoms with Gasteiger partial charge in [0.1, 0.15) is 17.2 Å². The lowest BCUT2D eigenvalue weighted by Gasteiger charge is -2.11. The first-order valence-electron chi connectivity index (χ1n) is 8.05. The standard InChI is InChI=1S/C20H22O6/c1-13-5-6-14(2)19(9-13)25-12-20(22)26-11-17(21)16-10-15(23-3)7-8-18(16)24-4/h5-10H,11-12H2,1-4H3. The van der Waals surface area contributed by atoms with Crippen LogP contribution in [0.4, 0.5) is 0 Å². The Hall–Kier alpha value is -3.02. The quantitative estimate of drug-likeness (QED) is 0.533. The smallest absolute Gasteiger partial charge is 0.344 e. The highest BCUT2D eigenvalue weighted by molar-refractivity contribution is 6.00. The first-order chi connectivity index (χ1) is 12.4. The summed E-state index contributed by atoms with van der Waals surface area (Å²) in [4.78, 5) is 24.2. The van der Waals surface area contributed by atoms with Gasteiger partial charge in [-0.3, -0.25) is 4.79 Å². The van der Waals surface area contributed by atoms with Crippen LogP contribution in [0, 0.1) is 13.8 Å². The molecule has 26 heavy (non-hydrogen) atoms. The molecule has 0 amide bonds. The molecule has 0 unspecified atom stereocenters. The molecule has 2 aromatic carbocycles. The summed E-state index contributed by atoms with van der Waals surface area (Å²) in [7, 11) is 2.96. The zero-order valence-electron chi connectivity index (χ0n) is 15.3. The van der Waals surface area contributed by atoms with E-state index in [2.05, 4.69) is 0 Å². The molecule has 0 saturated heterocycles. The van der Waals surface area contributed by atoms with Crippen LogP contribution in [0.2, 0.25) is 0 Å². The van der Waals surface area contributed by atoms with E-state index in [-0.39, 0.29) is 18.0 Å². The molecule has 0 spiro atoms. The molecular formula is C20H22O6. The minimum atomic E-state index is -0.624. The lowest BCUT2D eigenvalue weighted by atomic mass is 10.1. The molecule has 0 aliphatic rings. The summed E-state index contributed by atoms with van der Waals surface area (Å²) in [5.74, 6) is 0.502. The van der Waals surface area contributed by atoms with E-state index < -0.39 is 12.6 Å². The summed E-state index contributed by atoms with van der Waals surface area (Å²) in [5, 5.41) is 0. The fourth-order valence-electron chi connectivity index (χ4n) is 2.30. The number of aryl methyl sites for hydroxylation is 2. The van der Waals surface area contributed by atoms with Crippen LogP contribution in [-0.2, 0) is 9.53 Å². The monoisotopic (exact) mass is 358 g/mol. The number of hydrogen-bond donors (Lipinski definition) is 0. The Balaban J connectivity index is 1.93. The van der Waals surface area contributed by atoms with Gasteiger partial charge in [0.25, 0.3) is 0 Å². The molecule has 2 aromatic rings. The fourth-order valence-corrected chi connectivity index (χ4v) is 2.30. The molecule has 0 aliphatic carbocycles. The summed E-state index contributed by atoms with van der Waals surface area (Å²) in [5.41, 5.74) is 2.23. The average molecular weight is 358 g/mol. The molecule has 0 saturated carbocycles. The third-order valence-corrected chi connectivity index (χ3v) is 3.76. The van der Waals surface area contributed by atoms with Gasteiger partial charge in [-0.1, -0.05) is 12.1 Å². The number of ether oxygens (including phenoxy) is 4. The van der Waals surface area contributed by atoms with Gasteiger partial charge in [-0.25, -0.2) is 4.79 Å². The molecule has 0 bridgehead atoms. The highest BCUT2D eigenvalue weighted by Gasteiger charge is 2.16. The van der Waals surface area contributed by atoms with Crippen LogP contribution in [0.3, 0.4) is 0 Å². The number of Topliss-reactive ketones (excluding diaryl/α,β-unsaturated/α-hetero) is 1. The van der Waals surface area contributed by atoms with E-state index in [9.17, 15) is 9.59 Å². The van der Waals surface area contributed by atoms with Crippen molar-refractivity contribution in [2.75, 3.05) is 27.4 Å². The van der Waals surface area contributed by atoms with Crippen molar-refractivity contribution in [3.63, 3.8) is 0 Å². The van der Waals surface area contributed by atoms with E-state index >= 15 is 0 Å². The van der Waals surface area contributed by atoms with E-state index in [4.69, 9.17) is 18.9 Å². The van der Waals surface area contributed by atoms with E-state index in [1.165, 1.54) is 14.2 Å². The maximum absolute atomic E-state index is 12.3. The van der Waals surface area contributed by atoms with Crippen LogP contribution in [0.15, 0.2) is 36.4 Å². The predicted molar refractivity (Wildman–Crippen MR) is 96.2 cm³/mol. The van der Waals surface area contributed by atoms with Crippen molar-refractivity contribution >= 4 is 11.8 Å². The number of carbonyl (C=O) groups is 2. The molecule has 0 fully saturated rings. The fraction of sp³-hybridized carbons (Fsp3) is 0.300. The number of methoxy groups -OCH3 is 2. The summed E-state index contributed by atoms with van der Waals surface area (Å²) >= 11 is 0. The third-order valence-electron chi connectivity index (χ3n) is 3.76. The largest absolute Gasteiger partial charge is 0.497 e. The van der Waals surface area contributed by atoms with Gasteiger partial charge in [0.2, 0.25) is 5.78 Å². The first kappa shape index (κ1) is 19.3. The Morgan fingerprint density at radius 2 is 1.65 bits per heavy atom. The average Bonchev–Trinajstić information content (AvgIpc) is 2.66. The SMILES string of the molecule is COc1ccc(OC)c(C(=O)COC(=O)COc2cc(C)ccc2C)c1. The molecule has 138 valence electrons. The van der Waals surface area contributed by atoms with Gasteiger partial charge in [-0.15, -0.1) is 0 Å². The van der Waals surface area contributed by atoms with E-state index in [1.54, 1.807) is 18.2 Å². The predicted octanol–water partition coefficient (Wildman–Crippen LogP) is 3.13. The summed E-state index contributed by atoms with van der Waals surface area (Å²) in [6, 6.07) is 10.6. The van der Waals surface area contributed by atoms with Crippen molar-refractivity contribution in [1.82, 2.24) is 0 Å². The molecule has 0 aliphatic heterocycles. The molecular weight excluding hydrogens is 336 g/mol. The van der Waals surface area contributed by atoms with Crippen LogP contribution >= 0.6 is 0 Å². The molecule has 6 nitrogen and oxygen atoms in total. The summed E-state index contributed by atoms with van der Waals surface area (Å²) < 4.78 is 20.7. The minimum Gasteiger partial charge on any atom is -0.497 e. The Bertz CT molecular complexity index is 797. The summed E-state index contributed by atoms with van der Waals surface area (Å²) in [6.07, 6.45) is 0. The molecule has 0 atom stereocenters. The number of rotatable bonds is 8. The second-order valence-electron chi connectivity index (χ2n) is 5.71. The Morgan fingerprint density at radius 1 is 0.885 bits per heavy atom. The van der Waals surface area contributed by atoms with Gasteiger partial charge in [0.15, 0.2) is 13.2 Å². The second kappa shape index (κ2) is 8.89. The number of benzene rings is 2. The zero-order valence-corrected chi connectivity index (χ0v) is 15.3. The van der Waals surface area contributed by atoms with E-state index in [1.807, 2.05) is 32.0 Å². The van der Waals surface area contributed by atoms with E-state index in [0.717, 1.165) is 11.1 Å². The maximum Gasteiger partial charge on any atom is 0.344 e. The lowest BCUT2D eigenvalue weighted by Crippen LogP contribution is -2.20. The highest BCUT2D eigenvalue weighted by Crippen LogP contribution is 2.24. The van der Waals surface area contributed by atoms with Gasteiger partial charge in [-0.2, -0.15) is 0 Å². The molecule has 6 heteroatoms. The van der Waals surface area contributed by atoms with Gasteiger partial charge in [0.05, 0.1) is 19.8 Å². The number of esters is 1. The van der Waals surface area contributed by atoms with Crippen LogP contribution in [0.25, 0.3) is 0 Å². The third kappa shape index (κ3) is 4.99. The van der Waals surface area contributed by atoms with Crippen LogP contribution in [0.1, 0.15) is 21.5 Å². The Morgan fingerprint density at radius 3 is 2.35 bits per heavy atom. The molecule has 0 radical (unpaired) electrons. The topological polar surface area (TPSA) is 71.1 Å². The molecule has 2 rings (SSSR count). The highest BCUT2D eigenvalue weighted by atomic mass is 16.6. The van der Waals surface area contributed by atoms with Crippen molar-refractivity contribution in [1.29, 1.82) is 0 Å². The zero-order chi connectivity index (χ0) is 19.1. The van der Waals surface area contributed by atoms with Gasteiger partial charge >= 0.3 is 5.97 Å². The van der Waals surface area contributed by atoms with Crippen molar-refractivity contribution < 1.29 is 28.5 Å². The normalized spacial score (nSPS) is 10.2. The van der Waals surface area contributed by atoms with Crippen molar-refractivity contribution in [2.45, 2.75) is 13.8 Å². The van der Waals surface area contributed by atoms with Crippen LogP contribution in [0.5, 0.6) is 17.2 Å². The number of hydrogen-bond acceptors (Lipinski definition) is 6. The minimum absolute atomic E-state index is 0.271. The van der Waals surface area contributed by atoms with Crippen LogP contribution in [-0.4, -0.2) is 39.2 Å². The van der Waals surface area contributed by atoms with Crippen molar-refractivity contribution in [3.8, 4) is 17.2 Å². The van der Waals surface area contributed by atoms with Crippen LogP contribution < -0.4 is 14.2 Å². The molecule has 0 aromatic heterocycles. The summed E-state index contributed by atoms with van der Waals surface area (Å²) in [6.45, 7) is 3.15. The van der Waals surface area contributed by atoms with Crippen molar-refractivity contribution in [3.05, 3.63) is 53.1 Å². The first-order valence-corrected chi connectivity index (χ1v) is 8.05. The number of ketones is 1. The lowest BCUT2D eigenvalue weighted by molar-refractivity contribution is -0.144. The van der Waals surface area contributed by atoms with Gasteiger partial charge in [0, 0.05) is 0 Å². The Labute approximate surface area is 152 Å².